The Balaban J connectivity index is 2.57. The Labute approximate surface area is 105 Å². The Kier molecular flexibility index (Phi) is 5.44. The van der Waals surface area contributed by atoms with Gasteiger partial charge in [0.25, 0.3) is 0 Å². The zero-order valence-electron chi connectivity index (χ0n) is 11.6. The lowest BCUT2D eigenvalue weighted by Gasteiger charge is -2.29. The van der Waals surface area contributed by atoms with Crippen LogP contribution in [-0.4, -0.2) is 35.1 Å². The van der Waals surface area contributed by atoms with Crippen LogP contribution in [-0.2, 0) is 4.79 Å². The van der Waals surface area contributed by atoms with Crippen LogP contribution in [0, 0.1) is 17.8 Å². The molecule has 1 fully saturated rings. The number of likely N-dealkylation sites (tertiary alicyclic amines) is 1. The van der Waals surface area contributed by atoms with E-state index in [0.717, 1.165) is 25.4 Å². The van der Waals surface area contributed by atoms with Gasteiger partial charge in [-0.2, -0.15) is 0 Å². The number of carboxylic acids is 1. The van der Waals surface area contributed by atoms with Gasteiger partial charge in [0.15, 0.2) is 0 Å². The Hall–Kier alpha value is -0.570. The van der Waals surface area contributed by atoms with Crippen LogP contribution in [0.25, 0.3) is 0 Å². The van der Waals surface area contributed by atoms with Crippen molar-refractivity contribution in [3.63, 3.8) is 0 Å². The Morgan fingerprint density at radius 3 is 2.41 bits per heavy atom. The van der Waals surface area contributed by atoms with Crippen molar-refractivity contribution in [1.82, 2.24) is 4.90 Å². The first-order valence-corrected chi connectivity index (χ1v) is 6.96. The summed E-state index contributed by atoms with van der Waals surface area (Å²) in [6, 6.07) is 0.566. The van der Waals surface area contributed by atoms with Crippen LogP contribution in [0.5, 0.6) is 0 Å². The van der Waals surface area contributed by atoms with Gasteiger partial charge in [-0.1, -0.05) is 34.1 Å². The first-order chi connectivity index (χ1) is 7.99. The van der Waals surface area contributed by atoms with Crippen LogP contribution in [0.2, 0.25) is 0 Å². The third-order valence-electron chi connectivity index (χ3n) is 4.32. The van der Waals surface area contributed by atoms with Crippen molar-refractivity contribution in [2.24, 2.45) is 17.8 Å². The topological polar surface area (TPSA) is 40.5 Å². The second kappa shape index (κ2) is 6.39. The van der Waals surface area contributed by atoms with Crippen LogP contribution in [0.1, 0.15) is 47.0 Å². The molecule has 3 heteroatoms. The van der Waals surface area contributed by atoms with E-state index in [9.17, 15) is 4.79 Å². The normalized spacial score (nSPS) is 29.2. The molecule has 0 bridgehead atoms. The first-order valence-electron chi connectivity index (χ1n) is 6.96. The smallest absolute Gasteiger partial charge is 0.308 e. The molecule has 4 unspecified atom stereocenters. The van der Waals surface area contributed by atoms with Crippen LogP contribution >= 0.6 is 0 Å². The molecule has 0 amide bonds. The van der Waals surface area contributed by atoms with E-state index < -0.39 is 5.97 Å². The van der Waals surface area contributed by atoms with Crippen molar-refractivity contribution in [1.29, 1.82) is 0 Å². The maximum absolute atomic E-state index is 11.1. The molecular weight excluding hydrogens is 214 g/mol. The van der Waals surface area contributed by atoms with E-state index >= 15 is 0 Å². The Morgan fingerprint density at radius 2 is 2.00 bits per heavy atom. The summed E-state index contributed by atoms with van der Waals surface area (Å²) in [6.07, 6.45) is 3.54. The lowest BCUT2D eigenvalue weighted by atomic mass is 9.97. The van der Waals surface area contributed by atoms with E-state index in [4.69, 9.17) is 5.11 Å². The fourth-order valence-electron chi connectivity index (χ4n) is 2.83. The van der Waals surface area contributed by atoms with Crippen molar-refractivity contribution in [3.05, 3.63) is 0 Å². The van der Waals surface area contributed by atoms with E-state index in [1.165, 1.54) is 12.8 Å². The fraction of sp³-hybridized carbons (Fsp3) is 0.929. The minimum atomic E-state index is -0.626. The summed E-state index contributed by atoms with van der Waals surface area (Å²) in [5, 5.41) is 9.16. The standard InChI is InChI=1S/C14H27NO2/c1-5-10(3)7-12(6-2)15-8-11(4)13(9-15)14(16)17/h10-13H,5-9H2,1-4H3,(H,16,17). The zero-order valence-corrected chi connectivity index (χ0v) is 11.6. The molecule has 0 aromatic rings. The van der Waals surface area contributed by atoms with Gasteiger partial charge in [0.05, 0.1) is 5.92 Å². The molecule has 17 heavy (non-hydrogen) atoms. The molecule has 1 aliphatic rings. The number of aliphatic carboxylic acids is 1. The van der Waals surface area contributed by atoms with Gasteiger partial charge < -0.3 is 5.11 Å². The van der Waals surface area contributed by atoms with Gasteiger partial charge in [-0.05, 0) is 24.7 Å². The predicted octanol–water partition coefficient (Wildman–Crippen LogP) is 2.85. The van der Waals surface area contributed by atoms with E-state index in [0.29, 0.717) is 12.0 Å². The first kappa shape index (κ1) is 14.5. The second-order valence-corrected chi connectivity index (χ2v) is 5.69. The summed E-state index contributed by atoms with van der Waals surface area (Å²) < 4.78 is 0. The Bertz CT molecular complexity index is 255. The van der Waals surface area contributed by atoms with Crippen molar-refractivity contribution < 1.29 is 9.90 Å². The number of carboxylic acid groups (broad SMARTS) is 1. The van der Waals surface area contributed by atoms with E-state index in [2.05, 4.69) is 32.6 Å². The van der Waals surface area contributed by atoms with Gasteiger partial charge in [-0.15, -0.1) is 0 Å². The van der Waals surface area contributed by atoms with Crippen molar-refractivity contribution in [3.8, 4) is 0 Å². The maximum atomic E-state index is 11.1. The van der Waals surface area contributed by atoms with Crippen LogP contribution < -0.4 is 0 Å². The van der Waals surface area contributed by atoms with Crippen LogP contribution in [0.4, 0.5) is 0 Å². The molecular formula is C14H27NO2. The van der Waals surface area contributed by atoms with Crippen molar-refractivity contribution in [2.45, 2.75) is 53.0 Å². The minimum Gasteiger partial charge on any atom is -0.481 e. The summed E-state index contributed by atoms with van der Waals surface area (Å²) in [5.74, 6) is 0.233. The highest BCUT2D eigenvalue weighted by atomic mass is 16.4. The van der Waals surface area contributed by atoms with E-state index in [1.54, 1.807) is 0 Å². The minimum absolute atomic E-state index is 0.166. The highest BCUT2D eigenvalue weighted by Gasteiger charge is 2.37. The number of carbonyl (C=O) groups is 1. The van der Waals surface area contributed by atoms with Crippen LogP contribution in [0.15, 0.2) is 0 Å². The molecule has 1 heterocycles. The summed E-state index contributed by atoms with van der Waals surface area (Å²) in [4.78, 5) is 13.5. The number of rotatable bonds is 6. The summed E-state index contributed by atoms with van der Waals surface area (Å²) in [7, 11) is 0. The van der Waals surface area contributed by atoms with Crippen LogP contribution in [0.3, 0.4) is 0 Å². The monoisotopic (exact) mass is 241 g/mol. The van der Waals surface area contributed by atoms with E-state index in [-0.39, 0.29) is 5.92 Å². The average Bonchev–Trinajstić information content (AvgIpc) is 2.67. The fourth-order valence-corrected chi connectivity index (χ4v) is 2.83. The van der Waals surface area contributed by atoms with Crippen molar-refractivity contribution in [2.75, 3.05) is 13.1 Å². The summed E-state index contributed by atoms with van der Waals surface area (Å²) in [5.41, 5.74) is 0. The van der Waals surface area contributed by atoms with Gasteiger partial charge in [0.2, 0.25) is 0 Å². The predicted molar refractivity (Wildman–Crippen MR) is 70.0 cm³/mol. The van der Waals surface area contributed by atoms with Gasteiger partial charge in [-0.3, -0.25) is 9.69 Å². The molecule has 0 aromatic heterocycles. The second-order valence-electron chi connectivity index (χ2n) is 5.69. The molecule has 0 aromatic carbocycles. The molecule has 1 saturated heterocycles. The lowest BCUT2D eigenvalue weighted by Crippen LogP contribution is -2.35. The van der Waals surface area contributed by atoms with Gasteiger partial charge >= 0.3 is 5.97 Å². The lowest BCUT2D eigenvalue weighted by molar-refractivity contribution is -0.142. The molecule has 3 nitrogen and oxygen atoms in total. The molecule has 0 spiro atoms. The molecule has 1 aliphatic heterocycles. The maximum Gasteiger partial charge on any atom is 0.308 e. The van der Waals surface area contributed by atoms with Crippen molar-refractivity contribution >= 4 is 5.97 Å². The molecule has 100 valence electrons. The Morgan fingerprint density at radius 1 is 1.35 bits per heavy atom. The largest absolute Gasteiger partial charge is 0.481 e. The highest BCUT2D eigenvalue weighted by molar-refractivity contribution is 5.71. The average molecular weight is 241 g/mol. The SMILES string of the molecule is CCC(C)CC(CC)N1CC(C)C(C(=O)O)C1. The summed E-state index contributed by atoms with van der Waals surface area (Å²) >= 11 is 0. The number of nitrogens with zero attached hydrogens (tertiary/aromatic N) is 1. The molecule has 0 aliphatic carbocycles. The number of hydrogen-bond donors (Lipinski definition) is 1. The third kappa shape index (κ3) is 3.70. The van der Waals surface area contributed by atoms with Gasteiger partial charge in [0.1, 0.15) is 0 Å². The van der Waals surface area contributed by atoms with Gasteiger partial charge in [0, 0.05) is 19.1 Å². The molecule has 0 radical (unpaired) electrons. The molecule has 4 atom stereocenters. The molecule has 1 rings (SSSR count). The zero-order chi connectivity index (χ0) is 13.0. The molecule has 0 saturated carbocycles. The quantitative estimate of drug-likeness (QED) is 0.777. The third-order valence-corrected chi connectivity index (χ3v) is 4.32. The van der Waals surface area contributed by atoms with Gasteiger partial charge in [-0.25, -0.2) is 0 Å². The van der Waals surface area contributed by atoms with E-state index in [1.807, 2.05) is 0 Å². The summed E-state index contributed by atoms with van der Waals surface area (Å²) in [6.45, 7) is 10.5. The molecule has 1 N–H and O–H groups in total. The number of hydrogen-bond acceptors (Lipinski definition) is 2. The highest BCUT2D eigenvalue weighted by Crippen LogP contribution is 2.28.